The molecule has 0 radical (unpaired) electrons. The molecule has 252 valence electrons. The van der Waals surface area contributed by atoms with Crippen molar-refractivity contribution in [1.82, 2.24) is 0 Å². The van der Waals surface area contributed by atoms with Crippen molar-refractivity contribution >= 4 is 109 Å². The molecule has 0 rings (SSSR count). The van der Waals surface area contributed by atoms with Gasteiger partial charge in [0.2, 0.25) is 0 Å². The van der Waals surface area contributed by atoms with Gasteiger partial charge >= 0.3 is 109 Å². The van der Waals surface area contributed by atoms with Crippen LogP contribution in [-0.2, 0) is 19.1 Å². The number of hydrogen-bond acceptors (Lipinski definition) is 5. The number of ether oxygens (including phenoxy) is 2. The minimum atomic E-state index is -1.19. The second-order valence-corrected chi connectivity index (χ2v) is 11.9. The molecule has 0 bridgehead atoms. The molecule has 5 nitrogen and oxygen atoms in total. The van der Waals surface area contributed by atoms with Crippen molar-refractivity contribution in [3.05, 3.63) is 24.3 Å². The number of esters is 2. The monoisotopic (exact) mass is 770 g/mol. The van der Waals surface area contributed by atoms with Crippen molar-refractivity contribution in [2.75, 3.05) is 0 Å². The Labute approximate surface area is 346 Å². The second-order valence-electron chi connectivity index (χ2n) is 11.9. The Morgan fingerprint density at radius 2 is 0.636 bits per heavy atom. The van der Waals surface area contributed by atoms with E-state index in [4.69, 9.17) is 0 Å². The van der Waals surface area contributed by atoms with E-state index in [9.17, 15) is 14.4 Å². The van der Waals surface area contributed by atoms with E-state index in [0.29, 0.717) is 12.8 Å². The van der Waals surface area contributed by atoms with Crippen molar-refractivity contribution in [2.24, 2.45) is 0 Å². The maximum atomic E-state index is 11.8. The zero-order valence-electron chi connectivity index (χ0n) is 27.6. The summed E-state index contributed by atoms with van der Waals surface area (Å²) in [6.45, 7) is 4.50. The van der Waals surface area contributed by atoms with Gasteiger partial charge < -0.3 is 9.47 Å². The Kier molecular flexibility index (Phi) is 47.3. The molecule has 0 saturated heterocycles. The molecule has 44 heavy (non-hydrogen) atoms. The van der Waals surface area contributed by atoms with E-state index in [2.05, 4.69) is 47.6 Å². The van der Waals surface area contributed by atoms with Crippen LogP contribution in [0.5, 0.6) is 0 Å². The average Bonchev–Trinajstić information content (AvgIpc) is 2.97. The van der Waals surface area contributed by atoms with Crippen LogP contribution in [0.1, 0.15) is 194 Å². The van der Waals surface area contributed by atoms with Crippen LogP contribution >= 0.6 is 0 Å². The summed E-state index contributed by atoms with van der Waals surface area (Å²) in [5, 5.41) is 0. The summed E-state index contributed by atoms with van der Waals surface area (Å²) in [5.74, 6) is -1.24. The van der Waals surface area contributed by atoms with Crippen molar-refractivity contribution in [1.29, 1.82) is 0 Å². The van der Waals surface area contributed by atoms with E-state index in [-0.39, 0.29) is 104 Å². The summed E-state index contributed by atoms with van der Waals surface area (Å²) >= 11 is 0. The van der Waals surface area contributed by atoms with E-state index < -0.39 is 18.1 Å². The standard InChI is InChI=1S/C37H66O5.2Sr.4H/c1-3-5-7-9-11-13-15-17-19-21-23-25-27-29-31-33-35(38)41-37(40)42-36(39)34-32-30-28-26-24-22-20-18-16-14-12-10-8-6-4-2;;;;;;/h17-20H,3-16,21-34H2,1-2H3;;;;;;/b19-17-,20-18-;;;;;;. The third kappa shape index (κ3) is 41.1. The van der Waals surface area contributed by atoms with Gasteiger partial charge in [-0.3, -0.25) is 9.59 Å². The fraction of sp³-hybridized carbons (Fsp3) is 0.811. The summed E-state index contributed by atoms with van der Waals surface area (Å²) in [5.41, 5.74) is 0. The first-order valence-electron chi connectivity index (χ1n) is 17.8. The Morgan fingerprint density at radius 3 is 0.932 bits per heavy atom. The van der Waals surface area contributed by atoms with E-state index in [0.717, 1.165) is 51.4 Å². The Bertz CT molecular complexity index is 637. The summed E-state index contributed by atoms with van der Waals surface area (Å²) in [7, 11) is 0. The zero-order chi connectivity index (χ0) is 30.8. The minimum absolute atomic E-state index is 0. The molecule has 0 amide bonds. The number of rotatable bonds is 30. The molecule has 0 heterocycles. The molecule has 0 aliphatic rings. The molecular formula is C37H70O5Sr2. The SMILES string of the molecule is CCCCCCCC/C=C\CCCCCCCC(=O)OC(=O)OC(=O)CCCCCCC/C=C\CCCCCCCC.[SrH2].[SrH2]. The van der Waals surface area contributed by atoms with Gasteiger partial charge in [-0.05, 0) is 64.2 Å². The second kappa shape index (κ2) is 42.1. The molecule has 0 aromatic carbocycles. The van der Waals surface area contributed by atoms with E-state index in [1.165, 1.54) is 103 Å². The zero-order valence-corrected chi connectivity index (χ0v) is 27.6. The molecule has 0 aromatic heterocycles. The van der Waals surface area contributed by atoms with Crippen molar-refractivity contribution in [2.45, 2.75) is 194 Å². The van der Waals surface area contributed by atoms with Crippen molar-refractivity contribution in [3.8, 4) is 0 Å². The molecule has 0 unspecified atom stereocenters. The topological polar surface area (TPSA) is 69.7 Å². The van der Waals surface area contributed by atoms with Crippen LogP contribution in [0.15, 0.2) is 24.3 Å². The van der Waals surface area contributed by atoms with Gasteiger partial charge in [0, 0.05) is 12.8 Å². The van der Waals surface area contributed by atoms with Gasteiger partial charge in [0.25, 0.3) is 0 Å². The maximum absolute atomic E-state index is 11.8. The normalized spacial score (nSPS) is 11.0. The van der Waals surface area contributed by atoms with Crippen LogP contribution in [0.3, 0.4) is 0 Å². The van der Waals surface area contributed by atoms with Gasteiger partial charge in [-0.1, -0.05) is 141 Å². The molecular weight excluding hydrogens is 700 g/mol. The molecule has 0 atom stereocenters. The number of carbonyl (C=O) groups excluding carboxylic acids is 3. The van der Waals surface area contributed by atoms with Gasteiger partial charge in [-0.2, -0.15) is 0 Å². The molecule has 0 N–H and O–H groups in total. The first kappa shape index (κ1) is 49.4. The summed E-state index contributed by atoms with van der Waals surface area (Å²) in [6.07, 6.45) is 39.1. The number of carbonyl (C=O) groups is 3. The van der Waals surface area contributed by atoms with Crippen LogP contribution in [0.4, 0.5) is 4.79 Å². The van der Waals surface area contributed by atoms with Crippen LogP contribution < -0.4 is 0 Å². The number of allylic oxidation sites excluding steroid dienone is 4. The third-order valence-corrected chi connectivity index (χ3v) is 7.68. The summed E-state index contributed by atoms with van der Waals surface area (Å²) in [6, 6.07) is 0. The summed E-state index contributed by atoms with van der Waals surface area (Å²) in [4.78, 5) is 35.3. The quantitative estimate of drug-likeness (QED) is 0.0239. The first-order chi connectivity index (χ1) is 20.6. The predicted molar refractivity (Wildman–Crippen MR) is 194 cm³/mol. The van der Waals surface area contributed by atoms with Crippen molar-refractivity contribution < 1.29 is 23.9 Å². The number of hydrogen-bond donors (Lipinski definition) is 0. The number of unbranched alkanes of at least 4 members (excludes halogenated alkanes) is 22. The van der Waals surface area contributed by atoms with E-state index in [1.54, 1.807) is 0 Å². The molecule has 0 saturated carbocycles. The fourth-order valence-electron chi connectivity index (χ4n) is 4.99. The first-order valence-corrected chi connectivity index (χ1v) is 17.8. The van der Waals surface area contributed by atoms with Crippen LogP contribution in [0.25, 0.3) is 0 Å². The Hall–Kier alpha value is 1.05. The average molecular weight is 770 g/mol. The fourth-order valence-corrected chi connectivity index (χ4v) is 4.99. The van der Waals surface area contributed by atoms with Gasteiger partial charge in [0.05, 0.1) is 0 Å². The Morgan fingerprint density at radius 1 is 0.386 bits per heavy atom. The van der Waals surface area contributed by atoms with Gasteiger partial charge in [-0.15, -0.1) is 0 Å². The summed E-state index contributed by atoms with van der Waals surface area (Å²) < 4.78 is 9.26. The molecule has 0 aliphatic carbocycles. The van der Waals surface area contributed by atoms with Gasteiger partial charge in [-0.25, -0.2) is 4.79 Å². The van der Waals surface area contributed by atoms with Crippen LogP contribution in [0.2, 0.25) is 0 Å². The molecule has 0 spiro atoms. The van der Waals surface area contributed by atoms with Crippen molar-refractivity contribution in [3.63, 3.8) is 0 Å². The Balaban J connectivity index is -0.00000840. The molecule has 0 aromatic rings. The van der Waals surface area contributed by atoms with Crippen LogP contribution in [0, 0.1) is 0 Å². The predicted octanol–water partition coefficient (Wildman–Crippen LogP) is 10.4. The van der Waals surface area contributed by atoms with Crippen LogP contribution in [-0.4, -0.2) is 109 Å². The van der Waals surface area contributed by atoms with E-state index in [1.807, 2.05) is 0 Å². The molecule has 0 aliphatic heterocycles. The molecule has 0 fully saturated rings. The third-order valence-electron chi connectivity index (χ3n) is 7.68. The molecule has 7 heteroatoms. The van der Waals surface area contributed by atoms with E-state index >= 15 is 0 Å². The van der Waals surface area contributed by atoms with Gasteiger partial charge in [0.15, 0.2) is 0 Å². The van der Waals surface area contributed by atoms with Gasteiger partial charge in [0.1, 0.15) is 0 Å².